The van der Waals surface area contributed by atoms with Gasteiger partial charge in [-0.2, -0.15) is 0 Å². The minimum Gasteiger partial charge on any atom is -0.394 e. The second kappa shape index (κ2) is 10.3. The summed E-state index contributed by atoms with van der Waals surface area (Å²) in [5, 5.41) is 16.9. The third-order valence-corrected chi connectivity index (χ3v) is 9.97. The summed E-state index contributed by atoms with van der Waals surface area (Å²) in [7, 11) is 0. The van der Waals surface area contributed by atoms with Crippen LogP contribution in [0.15, 0.2) is 60.7 Å². The first-order valence-electron chi connectivity index (χ1n) is 14.6. The highest BCUT2D eigenvalue weighted by Crippen LogP contribution is 2.66. The molecule has 0 aromatic heterocycles. The average molecular weight is 546 g/mol. The van der Waals surface area contributed by atoms with Gasteiger partial charge in [-0.25, -0.2) is 0 Å². The van der Waals surface area contributed by atoms with Crippen LogP contribution in [0.1, 0.15) is 64.0 Å². The standard InChI is InChI=1S/C32H39N3O5/c1-20-18-32-26(25(31(20,2)40-32)28(37)33-22-14-8-4-9-15-22)30(39)35(24(19-36)21-12-6-3-7-13-21)27(32)29(38)34-23-16-10-5-11-17-23/h3-4,6-9,12-15,20,23-27,36H,5,10-11,16-19H2,1-2H3,(H,33,37)(H,34,38)/t20?,24-,25-,26+,27?,31+,32?/m1/s1. The van der Waals surface area contributed by atoms with Crippen molar-refractivity contribution in [3.05, 3.63) is 66.2 Å². The lowest BCUT2D eigenvalue weighted by molar-refractivity contribution is -0.150. The number of aliphatic hydroxyl groups is 1. The van der Waals surface area contributed by atoms with Gasteiger partial charge in [0.25, 0.3) is 0 Å². The number of para-hydroxylation sites is 1. The molecule has 4 fully saturated rings. The predicted molar refractivity (Wildman–Crippen MR) is 150 cm³/mol. The minimum atomic E-state index is -1.16. The van der Waals surface area contributed by atoms with E-state index in [0.29, 0.717) is 12.1 Å². The molecule has 1 spiro atoms. The van der Waals surface area contributed by atoms with E-state index in [4.69, 9.17) is 4.74 Å². The van der Waals surface area contributed by atoms with E-state index >= 15 is 0 Å². The van der Waals surface area contributed by atoms with Gasteiger partial charge >= 0.3 is 0 Å². The zero-order chi connectivity index (χ0) is 28.1. The van der Waals surface area contributed by atoms with Crippen LogP contribution >= 0.6 is 0 Å². The third kappa shape index (κ3) is 4.15. The fourth-order valence-corrected chi connectivity index (χ4v) is 8.01. The van der Waals surface area contributed by atoms with Gasteiger partial charge in [0.2, 0.25) is 17.7 Å². The molecule has 1 saturated carbocycles. The Kier molecular flexibility index (Phi) is 6.95. The van der Waals surface area contributed by atoms with E-state index in [2.05, 4.69) is 10.6 Å². The molecule has 40 heavy (non-hydrogen) atoms. The van der Waals surface area contributed by atoms with E-state index in [1.807, 2.05) is 74.5 Å². The molecule has 212 valence electrons. The summed E-state index contributed by atoms with van der Waals surface area (Å²) >= 11 is 0. The molecule has 1 aliphatic carbocycles. The van der Waals surface area contributed by atoms with Crippen LogP contribution in [0.5, 0.6) is 0 Å². The second-order valence-corrected chi connectivity index (χ2v) is 12.3. The molecule has 8 heteroatoms. The SMILES string of the molecule is CC1CC23O[C@]1(C)[C@@H](C(=O)Nc1ccccc1)[C@H]2C(=O)N([C@H](CO)c1ccccc1)C3C(=O)NC1CCCCC1. The molecule has 3 aliphatic heterocycles. The van der Waals surface area contributed by atoms with Gasteiger partial charge in [-0.15, -0.1) is 0 Å². The van der Waals surface area contributed by atoms with Gasteiger partial charge in [0, 0.05) is 11.7 Å². The summed E-state index contributed by atoms with van der Waals surface area (Å²) in [4.78, 5) is 44.3. The van der Waals surface area contributed by atoms with Crippen molar-refractivity contribution in [3.8, 4) is 0 Å². The summed E-state index contributed by atoms with van der Waals surface area (Å²) in [6.45, 7) is 3.60. The number of hydrogen-bond acceptors (Lipinski definition) is 5. The summed E-state index contributed by atoms with van der Waals surface area (Å²) in [5.41, 5.74) is -0.683. The lowest BCUT2D eigenvalue weighted by atomic mass is 9.62. The van der Waals surface area contributed by atoms with Gasteiger partial charge in [0.15, 0.2) is 0 Å². The van der Waals surface area contributed by atoms with Gasteiger partial charge in [-0.1, -0.05) is 74.7 Å². The van der Waals surface area contributed by atoms with E-state index in [9.17, 15) is 19.5 Å². The number of nitrogens with one attached hydrogen (secondary N) is 2. The lowest BCUT2D eigenvalue weighted by Gasteiger charge is -2.38. The fraction of sp³-hybridized carbons (Fsp3) is 0.531. The molecule has 7 atom stereocenters. The Hall–Kier alpha value is -3.23. The van der Waals surface area contributed by atoms with Crippen molar-refractivity contribution in [2.75, 3.05) is 11.9 Å². The highest BCUT2D eigenvalue weighted by atomic mass is 16.5. The van der Waals surface area contributed by atoms with Crippen LogP contribution in [0.3, 0.4) is 0 Å². The molecule has 3 unspecified atom stereocenters. The monoisotopic (exact) mass is 545 g/mol. The average Bonchev–Trinajstić information content (AvgIpc) is 3.47. The number of aliphatic hydroxyl groups excluding tert-OH is 1. The molecular formula is C32H39N3O5. The maximum atomic E-state index is 14.5. The predicted octanol–water partition coefficient (Wildman–Crippen LogP) is 3.82. The van der Waals surface area contributed by atoms with Gasteiger partial charge in [-0.3, -0.25) is 14.4 Å². The number of amides is 3. The highest BCUT2D eigenvalue weighted by molar-refractivity contribution is 6.02. The minimum absolute atomic E-state index is 0.0433. The summed E-state index contributed by atoms with van der Waals surface area (Å²) < 4.78 is 6.84. The van der Waals surface area contributed by atoms with Gasteiger partial charge < -0.3 is 25.4 Å². The van der Waals surface area contributed by atoms with Crippen LogP contribution in [0, 0.1) is 17.8 Å². The van der Waals surface area contributed by atoms with Crippen molar-refractivity contribution >= 4 is 23.4 Å². The molecule has 2 aromatic carbocycles. The van der Waals surface area contributed by atoms with Crippen molar-refractivity contribution in [2.24, 2.45) is 17.8 Å². The van der Waals surface area contributed by atoms with Gasteiger partial charge in [0.05, 0.1) is 30.1 Å². The number of nitrogens with zero attached hydrogens (tertiary/aromatic N) is 1. The number of likely N-dealkylation sites (tertiary alicyclic amines) is 1. The number of benzene rings is 2. The third-order valence-electron chi connectivity index (χ3n) is 9.97. The largest absolute Gasteiger partial charge is 0.394 e. The van der Waals surface area contributed by atoms with Gasteiger partial charge in [-0.05, 0) is 49.8 Å². The summed E-state index contributed by atoms with van der Waals surface area (Å²) in [6, 6.07) is 16.9. The Morgan fingerprint density at radius 3 is 2.33 bits per heavy atom. The Balaban J connectivity index is 1.42. The number of carbonyl (C=O) groups is 3. The molecule has 2 aromatic rings. The van der Waals surface area contributed by atoms with E-state index in [1.165, 1.54) is 0 Å². The zero-order valence-electron chi connectivity index (χ0n) is 23.2. The van der Waals surface area contributed by atoms with Crippen molar-refractivity contribution in [2.45, 2.75) is 81.7 Å². The Morgan fingerprint density at radius 1 is 1.02 bits per heavy atom. The Morgan fingerprint density at radius 2 is 1.68 bits per heavy atom. The molecule has 3 heterocycles. The lowest BCUT2D eigenvalue weighted by Crippen LogP contribution is -2.58. The first kappa shape index (κ1) is 27.0. The van der Waals surface area contributed by atoms with Crippen molar-refractivity contribution in [1.29, 1.82) is 0 Å². The number of carbonyl (C=O) groups excluding carboxylic acids is 3. The first-order chi connectivity index (χ1) is 19.3. The topological polar surface area (TPSA) is 108 Å². The molecule has 2 bridgehead atoms. The number of ether oxygens (including phenoxy) is 1. The van der Waals surface area contributed by atoms with E-state index in [-0.39, 0.29) is 36.3 Å². The quantitative estimate of drug-likeness (QED) is 0.490. The fourth-order valence-electron chi connectivity index (χ4n) is 8.01. The molecule has 4 aliphatic rings. The normalized spacial score (nSPS) is 34.0. The highest BCUT2D eigenvalue weighted by Gasteiger charge is 2.80. The second-order valence-electron chi connectivity index (χ2n) is 12.3. The Bertz CT molecular complexity index is 1270. The van der Waals surface area contributed by atoms with E-state index in [0.717, 1.165) is 37.7 Å². The zero-order valence-corrected chi connectivity index (χ0v) is 23.2. The number of hydrogen-bond donors (Lipinski definition) is 3. The molecule has 0 radical (unpaired) electrons. The molecule has 3 saturated heterocycles. The maximum Gasteiger partial charge on any atom is 0.246 e. The molecule has 6 rings (SSSR count). The van der Waals surface area contributed by atoms with Crippen molar-refractivity contribution in [1.82, 2.24) is 10.2 Å². The molecule has 3 amide bonds. The van der Waals surface area contributed by atoms with Crippen LogP contribution in [-0.2, 0) is 19.1 Å². The van der Waals surface area contributed by atoms with Crippen LogP contribution in [0.2, 0.25) is 0 Å². The number of rotatable bonds is 7. The Labute approximate surface area is 235 Å². The molecule has 3 N–H and O–H groups in total. The van der Waals surface area contributed by atoms with Crippen molar-refractivity contribution in [3.63, 3.8) is 0 Å². The molecule has 8 nitrogen and oxygen atoms in total. The van der Waals surface area contributed by atoms with Crippen LogP contribution in [0.25, 0.3) is 0 Å². The molecular weight excluding hydrogens is 506 g/mol. The first-order valence-corrected chi connectivity index (χ1v) is 14.6. The van der Waals surface area contributed by atoms with E-state index < -0.39 is 35.1 Å². The number of anilines is 1. The van der Waals surface area contributed by atoms with Crippen molar-refractivity contribution < 1.29 is 24.2 Å². The van der Waals surface area contributed by atoms with Crippen LogP contribution in [0.4, 0.5) is 5.69 Å². The number of fused-ring (bicyclic) bond motifs is 1. The van der Waals surface area contributed by atoms with Crippen LogP contribution < -0.4 is 10.6 Å². The van der Waals surface area contributed by atoms with Crippen LogP contribution in [-0.4, -0.2) is 57.6 Å². The van der Waals surface area contributed by atoms with E-state index in [1.54, 1.807) is 4.90 Å². The van der Waals surface area contributed by atoms with Gasteiger partial charge in [0.1, 0.15) is 11.6 Å². The summed E-state index contributed by atoms with van der Waals surface area (Å²) in [6.07, 6.45) is 5.57. The maximum absolute atomic E-state index is 14.5. The smallest absolute Gasteiger partial charge is 0.246 e. The summed E-state index contributed by atoms with van der Waals surface area (Å²) in [5.74, 6) is -2.52.